The number of hydrogen-bond donors (Lipinski definition) is 2. The zero-order valence-electron chi connectivity index (χ0n) is 23.7. The molecule has 0 bridgehead atoms. The standard InChI is InChI=1S/C29H39N7O5/c1-19(16-39-2)32-28-31-15-26-24(14-25(36(26)33-28)20-3-5-22(37)6-4-20)21-7-8-30-27(13-21)34-9-11-35(12-10-34)29(38)41-23-17-40-18-23/h7-8,13-15,19-20,22-23,37H,3-6,9-12,16-18H2,1-2H3,(H,32,33)/t19-,20?,22?/m0/s1. The first kappa shape index (κ1) is 27.7. The van der Waals surface area contributed by atoms with E-state index in [0.29, 0.717) is 57.9 Å². The van der Waals surface area contributed by atoms with Gasteiger partial charge in [0, 0.05) is 62.7 Å². The number of aliphatic hydroxyl groups is 1. The van der Waals surface area contributed by atoms with Crippen LogP contribution < -0.4 is 10.2 Å². The molecule has 12 heteroatoms. The van der Waals surface area contributed by atoms with Gasteiger partial charge in [0.2, 0.25) is 5.95 Å². The number of carbonyl (C=O) groups excluding carboxylic acids is 1. The molecule has 5 heterocycles. The number of methoxy groups -OCH3 is 1. The number of aliphatic hydroxyl groups excluding tert-OH is 1. The van der Waals surface area contributed by atoms with Gasteiger partial charge < -0.3 is 34.4 Å². The Hall–Kier alpha value is -3.48. The Balaban J connectivity index is 1.24. The number of nitrogens with zero attached hydrogens (tertiary/aromatic N) is 6. The Labute approximate surface area is 239 Å². The number of piperazine rings is 1. The molecular weight excluding hydrogens is 526 g/mol. The molecule has 0 radical (unpaired) electrons. The molecule has 220 valence electrons. The van der Waals surface area contributed by atoms with E-state index in [-0.39, 0.29) is 24.3 Å². The third-order valence-corrected chi connectivity index (χ3v) is 8.25. The van der Waals surface area contributed by atoms with Crippen molar-refractivity contribution in [2.24, 2.45) is 0 Å². The van der Waals surface area contributed by atoms with Crippen LogP contribution in [0.5, 0.6) is 0 Å². The smallest absolute Gasteiger partial charge is 0.410 e. The van der Waals surface area contributed by atoms with E-state index in [1.54, 1.807) is 12.0 Å². The van der Waals surface area contributed by atoms with Crippen molar-refractivity contribution >= 4 is 23.4 Å². The molecule has 2 N–H and O–H groups in total. The van der Waals surface area contributed by atoms with Gasteiger partial charge >= 0.3 is 6.09 Å². The summed E-state index contributed by atoms with van der Waals surface area (Å²) >= 11 is 0. The molecule has 1 amide bonds. The van der Waals surface area contributed by atoms with Gasteiger partial charge in [0.25, 0.3) is 0 Å². The molecular formula is C29H39N7O5. The number of fused-ring (bicyclic) bond motifs is 1. The minimum atomic E-state index is -0.270. The molecule has 1 saturated carbocycles. The maximum atomic E-state index is 12.4. The highest BCUT2D eigenvalue weighted by Crippen LogP contribution is 2.38. The molecule has 1 aliphatic carbocycles. The van der Waals surface area contributed by atoms with Crippen LogP contribution in [0.4, 0.5) is 16.6 Å². The molecule has 6 rings (SSSR count). The van der Waals surface area contributed by atoms with E-state index in [9.17, 15) is 9.90 Å². The lowest BCUT2D eigenvalue weighted by Crippen LogP contribution is -2.51. The first-order chi connectivity index (χ1) is 20.0. The van der Waals surface area contributed by atoms with Crippen LogP contribution in [0.15, 0.2) is 30.6 Å². The summed E-state index contributed by atoms with van der Waals surface area (Å²) in [6.07, 6.45) is 6.52. The van der Waals surface area contributed by atoms with Gasteiger partial charge in [-0.25, -0.2) is 19.3 Å². The second kappa shape index (κ2) is 12.2. The van der Waals surface area contributed by atoms with Crippen molar-refractivity contribution in [1.82, 2.24) is 24.5 Å². The van der Waals surface area contributed by atoms with Crippen LogP contribution in [0.1, 0.15) is 44.2 Å². The van der Waals surface area contributed by atoms with E-state index in [2.05, 4.69) is 32.3 Å². The zero-order valence-corrected chi connectivity index (χ0v) is 23.7. The predicted molar refractivity (Wildman–Crippen MR) is 153 cm³/mol. The summed E-state index contributed by atoms with van der Waals surface area (Å²) in [5.74, 6) is 1.73. The van der Waals surface area contributed by atoms with E-state index >= 15 is 0 Å². The lowest BCUT2D eigenvalue weighted by molar-refractivity contribution is -0.104. The largest absolute Gasteiger partial charge is 0.441 e. The summed E-state index contributed by atoms with van der Waals surface area (Å²) in [5, 5.41) is 18.4. The van der Waals surface area contributed by atoms with Crippen molar-refractivity contribution in [1.29, 1.82) is 0 Å². The van der Waals surface area contributed by atoms with Gasteiger partial charge in [-0.1, -0.05) is 0 Å². The van der Waals surface area contributed by atoms with Crippen molar-refractivity contribution in [2.75, 3.05) is 63.3 Å². The number of nitrogens with one attached hydrogen (secondary N) is 1. The Morgan fingerprint density at radius 1 is 1.15 bits per heavy atom. The number of carbonyl (C=O) groups is 1. The van der Waals surface area contributed by atoms with Gasteiger partial charge in [-0.2, -0.15) is 0 Å². The van der Waals surface area contributed by atoms with Gasteiger partial charge in [0.15, 0.2) is 6.10 Å². The Bertz CT molecular complexity index is 1350. The second-order valence-corrected chi connectivity index (χ2v) is 11.3. The number of hydrogen-bond acceptors (Lipinski definition) is 10. The molecule has 3 aromatic rings. The van der Waals surface area contributed by atoms with Crippen LogP contribution in [-0.2, 0) is 14.2 Å². The number of amides is 1. The van der Waals surface area contributed by atoms with Crippen LogP contribution >= 0.6 is 0 Å². The van der Waals surface area contributed by atoms with Gasteiger partial charge in [-0.15, -0.1) is 5.10 Å². The molecule has 0 spiro atoms. The van der Waals surface area contributed by atoms with Gasteiger partial charge in [-0.05, 0) is 56.4 Å². The molecule has 3 aliphatic rings. The molecule has 2 aliphatic heterocycles. The Kier molecular flexibility index (Phi) is 8.22. The zero-order chi connectivity index (χ0) is 28.3. The maximum absolute atomic E-state index is 12.4. The van der Waals surface area contributed by atoms with E-state index < -0.39 is 0 Å². The lowest BCUT2D eigenvalue weighted by Gasteiger charge is -2.36. The van der Waals surface area contributed by atoms with E-state index in [1.165, 1.54) is 0 Å². The minimum absolute atomic E-state index is 0.0677. The predicted octanol–water partition coefficient (Wildman–Crippen LogP) is 2.91. The summed E-state index contributed by atoms with van der Waals surface area (Å²) in [5.41, 5.74) is 4.16. The molecule has 0 unspecified atom stereocenters. The summed E-state index contributed by atoms with van der Waals surface area (Å²) < 4.78 is 17.9. The van der Waals surface area contributed by atoms with Crippen molar-refractivity contribution in [3.63, 3.8) is 0 Å². The fourth-order valence-corrected chi connectivity index (χ4v) is 5.86. The fourth-order valence-electron chi connectivity index (χ4n) is 5.86. The van der Waals surface area contributed by atoms with E-state index in [0.717, 1.165) is 53.8 Å². The number of pyridine rings is 1. The van der Waals surface area contributed by atoms with E-state index in [1.807, 2.05) is 29.9 Å². The molecule has 3 aromatic heterocycles. The van der Waals surface area contributed by atoms with Crippen molar-refractivity contribution in [2.45, 2.75) is 56.8 Å². The molecule has 3 fully saturated rings. The number of rotatable bonds is 8. The molecule has 2 saturated heterocycles. The average Bonchev–Trinajstić information content (AvgIpc) is 3.34. The summed E-state index contributed by atoms with van der Waals surface area (Å²) in [7, 11) is 1.68. The van der Waals surface area contributed by atoms with Gasteiger partial charge in [-0.3, -0.25) is 0 Å². The van der Waals surface area contributed by atoms with Crippen LogP contribution in [0.2, 0.25) is 0 Å². The van der Waals surface area contributed by atoms with Gasteiger partial charge in [0.1, 0.15) is 5.82 Å². The lowest BCUT2D eigenvalue weighted by atomic mass is 9.85. The van der Waals surface area contributed by atoms with Crippen LogP contribution in [0.25, 0.3) is 16.6 Å². The Morgan fingerprint density at radius 2 is 1.93 bits per heavy atom. The normalized spacial score (nSPS) is 22.4. The summed E-state index contributed by atoms with van der Waals surface area (Å²) in [6, 6.07) is 6.43. The fraction of sp³-hybridized carbons (Fsp3) is 0.586. The Morgan fingerprint density at radius 3 is 2.63 bits per heavy atom. The summed E-state index contributed by atoms with van der Waals surface area (Å²) in [6.45, 7) is 6.07. The summed E-state index contributed by atoms with van der Waals surface area (Å²) in [4.78, 5) is 25.7. The quantitative estimate of drug-likeness (QED) is 0.421. The van der Waals surface area contributed by atoms with Crippen molar-refractivity contribution < 1.29 is 24.1 Å². The van der Waals surface area contributed by atoms with Crippen LogP contribution in [0.3, 0.4) is 0 Å². The number of anilines is 2. The first-order valence-corrected chi connectivity index (χ1v) is 14.6. The number of aromatic nitrogens is 4. The monoisotopic (exact) mass is 565 g/mol. The highest BCUT2D eigenvalue weighted by molar-refractivity contribution is 5.82. The highest BCUT2D eigenvalue weighted by Gasteiger charge is 2.29. The topological polar surface area (TPSA) is 127 Å². The molecule has 1 atom stereocenters. The molecule has 41 heavy (non-hydrogen) atoms. The van der Waals surface area contributed by atoms with Crippen LogP contribution in [-0.4, -0.2) is 107 Å². The highest BCUT2D eigenvalue weighted by atomic mass is 16.6. The van der Waals surface area contributed by atoms with Gasteiger partial charge in [0.05, 0.1) is 37.6 Å². The maximum Gasteiger partial charge on any atom is 0.410 e. The second-order valence-electron chi connectivity index (χ2n) is 11.3. The SMILES string of the molecule is COC[C@H](C)Nc1ncc2c(-c3ccnc(N4CCN(C(=O)OC5COC5)CC4)c3)cc(C3CCC(O)CC3)n2n1. The van der Waals surface area contributed by atoms with Crippen molar-refractivity contribution in [3.05, 3.63) is 36.3 Å². The van der Waals surface area contributed by atoms with Crippen molar-refractivity contribution in [3.8, 4) is 11.1 Å². The minimum Gasteiger partial charge on any atom is -0.441 e. The molecule has 12 nitrogen and oxygen atoms in total. The third kappa shape index (κ3) is 6.09. The molecule has 0 aromatic carbocycles. The first-order valence-electron chi connectivity index (χ1n) is 14.6. The van der Waals surface area contributed by atoms with E-state index in [4.69, 9.17) is 19.3 Å². The average molecular weight is 566 g/mol. The number of ether oxygens (including phenoxy) is 3. The van der Waals surface area contributed by atoms with Crippen LogP contribution in [0, 0.1) is 0 Å². The third-order valence-electron chi connectivity index (χ3n) is 8.25.